The van der Waals surface area contributed by atoms with Gasteiger partial charge in [-0.1, -0.05) is 12.1 Å². The number of ether oxygens (including phenoxy) is 1. The number of hydrogen-bond acceptors (Lipinski definition) is 4. The van der Waals surface area contributed by atoms with Crippen LogP contribution in [0.3, 0.4) is 0 Å². The molecular weight excluding hydrogens is 273 g/mol. The zero-order valence-electron chi connectivity index (χ0n) is 8.90. The van der Waals surface area contributed by atoms with Crippen LogP contribution in [0.2, 0.25) is 0 Å². The van der Waals surface area contributed by atoms with E-state index < -0.39 is 34.5 Å². The number of rotatable bonds is 4. The van der Waals surface area contributed by atoms with Crippen LogP contribution in [0.4, 0.5) is 13.2 Å². The Balaban J connectivity index is 2.54. The van der Waals surface area contributed by atoms with Crippen molar-refractivity contribution in [1.29, 1.82) is 0 Å². The van der Waals surface area contributed by atoms with E-state index in [0.717, 1.165) is 24.3 Å². The first kappa shape index (κ1) is 14.7. The molecule has 18 heavy (non-hydrogen) atoms. The first-order valence-corrected chi connectivity index (χ1v) is 5.91. The van der Waals surface area contributed by atoms with E-state index in [1.807, 2.05) is 0 Å². The van der Waals surface area contributed by atoms with Crippen molar-refractivity contribution in [2.75, 3.05) is 5.75 Å². The van der Waals surface area contributed by atoms with Gasteiger partial charge in [0.1, 0.15) is 12.4 Å². The van der Waals surface area contributed by atoms with Gasteiger partial charge in [0.05, 0.1) is 5.56 Å². The topological polar surface area (TPSA) is 66.4 Å². The second kappa shape index (κ2) is 5.96. The molecule has 1 aromatic carbocycles. The van der Waals surface area contributed by atoms with E-state index in [4.69, 9.17) is 0 Å². The number of alkyl halides is 3. The summed E-state index contributed by atoms with van der Waals surface area (Å²) < 4.78 is 61.5. The van der Waals surface area contributed by atoms with Gasteiger partial charge in [-0.2, -0.15) is 13.2 Å². The predicted molar refractivity (Wildman–Crippen MR) is 55.0 cm³/mol. The highest BCUT2D eigenvalue weighted by molar-refractivity contribution is 7.79. The lowest BCUT2D eigenvalue weighted by Crippen LogP contribution is -2.13. The van der Waals surface area contributed by atoms with Crippen LogP contribution in [-0.4, -0.2) is 20.5 Å². The summed E-state index contributed by atoms with van der Waals surface area (Å²) in [6.07, 6.45) is -4.42. The molecule has 0 aromatic heterocycles. The second-order valence-corrected chi connectivity index (χ2v) is 4.20. The summed E-state index contributed by atoms with van der Waals surface area (Å²) in [6, 6.07) is 4.03. The van der Waals surface area contributed by atoms with E-state index in [-0.39, 0.29) is 6.61 Å². The van der Waals surface area contributed by atoms with E-state index in [1.165, 1.54) is 0 Å². The monoisotopic (exact) mass is 281 g/mol. The maximum absolute atomic E-state index is 12.2. The van der Waals surface area contributed by atoms with Crippen LogP contribution in [0.25, 0.3) is 0 Å². The molecule has 0 heterocycles. The average molecular weight is 281 g/mol. The number of benzene rings is 1. The predicted octanol–water partition coefficient (Wildman–Crippen LogP) is 1.63. The Morgan fingerprint density at radius 3 is 2.28 bits per heavy atom. The van der Waals surface area contributed by atoms with Crippen LogP contribution in [0.15, 0.2) is 24.3 Å². The van der Waals surface area contributed by atoms with Crippen LogP contribution < -0.4 is 0 Å². The minimum atomic E-state index is -4.42. The van der Waals surface area contributed by atoms with Crippen LogP contribution in [0.1, 0.15) is 11.1 Å². The fourth-order valence-electron chi connectivity index (χ4n) is 1.09. The van der Waals surface area contributed by atoms with Crippen molar-refractivity contribution in [2.45, 2.75) is 12.8 Å². The molecule has 0 fully saturated rings. The SMILES string of the molecule is O=C(CS(=O)[O-])OCc1ccc(C(F)(F)F)cc1. The van der Waals surface area contributed by atoms with Gasteiger partial charge in [-0.3, -0.25) is 9.00 Å². The van der Waals surface area contributed by atoms with Crippen molar-refractivity contribution in [2.24, 2.45) is 0 Å². The van der Waals surface area contributed by atoms with E-state index in [9.17, 15) is 26.7 Å². The summed E-state index contributed by atoms with van der Waals surface area (Å²) >= 11 is -2.54. The smallest absolute Gasteiger partial charge is 0.416 e. The maximum Gasteiger partial charge on any atom is 0.416 e. The fourth-order valence-corrected chi connectivity index (χ4v) is 1.37. The van der Waals surface area contributed by atoms with Gasteiger partial charge < -0.3 is 9.29 Å². The number of carbonyl (C=O) groups is 1. The first-order valence-electron chi connectivity index (χ1n) is 4.66. The molecule has 1 unspecified atom stereocenters. The van der Waals surface area contributed by atoms with Crippen LogP contribution in [0, 0.1) is 0 Å². The second-order valence-electron chi connectivity index (χ2n) is 3.30. The fraction of sp³-hybridized carbons (Fsp3) is 0.300. The summed E-state index contributed by atoms with van der Waals surface area (Å²) in [6.45, 7) is -0.270. The zero-order chi connectivity index (χ0) is 13.8. The Hall–Kier alpha value is -1.41. The largest absolute Gasteiger partial charge is 0.772 e. The quantitative estimate of drug-likeness (QED) is 0.621. The molecule has 1 aromatic rings. The van der Waals surface area contributed by atoms with Crippen LogP contribution in [-0.2, 0) is 33.4 Å². The molecule has 4 nitrogen and oxygen atoms in total. The maximum atomic E-state index is 12.2. The van der Waals surface area contributed by atoms with Gasteiger partial charge in [0.2, 0.25) is 0 Å². The number of hydrogen-bond donors (Lipinski definition) is 0. The Morgan fingerprint density at radius 1 is 1.28 bits per heavy atom. The highest BCUT2D eigenvalue weighted by atomic mass is 32.2. The van der Waals surface area contributed by atoms with Crippen molar-refractivity contribution >= 4 is 17.0 Å². The standard InChI is InChI=1S/C10H9F3O4S/c11-10(12,13)8-3-1-7(2-4-8)5-17-9(14)6-18(15)16/h1-4H,5-6H2,(H,15,16)/p-1. The molecule has 0 radical (unpaired) electrons. The molecule has 100 valence electrons. The Morgan fingerprint density at radius 2 is 1.83 bits per heavy atom. The highest BCUT2D eigenvalue weighted by Gasteiger charge is 2.29. The molecule has 0 N–H and O–H groups in total. The number of carbonyl (C=O) groups excluding carboxylic acids is 1. The third-order valence-corrected chi connectivity index (χ3v) is 2.39. The summed E-state index contributed by atoms with van der Waals surface area (Å²) in [7, 11) is 0. The van der Waals surface area contributed by atoms with Gasteiger partial charge in [-0.25, -0.2) is 0 Å². The molecule has 0 aliphatic carbocycles. The van der Waals surface area contributed by atoms with Crippen molar-refractivity contribution in [3.8, 4) is 0 Å². The molecular formula is C10H8F3O4S-. The third kappa shape index (κ3) is 4.84. The molecule has 1 rings (SSSR count). The van der Waals surface area contributed by atoms with E-state index >= 15 is 0 Å². The molecule has 0 saturated carbocycles. The summed E-state index contributed by atoms with van der Waals surface area (Å²) in [5.74, 6) is -1.73. The summed E-state index contributed by atoms with van der Waals surface area (Å²) in [5.41, 5.74) is -0.466. The van der Waals surface area contributed by atoms with E-state index in [2.05, 4.69) is 4.74 Å². The van der Waals surface area contributed by atoms with Crippen molar-refractivity contribution in [3.05, 3.63) is 35.4 Å². The number of halogens is 3. The van der Waals surface area contributed by atoms with Gasteiger partial charge in [0, 0.05) is 0 Å². The Kier molecular flexibility index (Phi) is 4.85. The minimum absolute atomic E-state index is 0.270. The molecule has 0 aliphatic rings. The molecule has 0 bridgehead atoms. The molecule has 0 spiro atoms. The van der Waals surface area contributed by atoms with Gasteiger partial charge in [-0.05, 0) is 28.8 Å². The van der Waals surface area contributed by atoms with Crippen molar-refractivity contribution in [3.63, 3.8) is 0 Å². The third-order valence-electron chi connectivity index (χ3n) is 1.92. The normalized spacial score (nSPS) is 13.1. The lowest BCUT2D eigenvalue weighted by atomic mass is 10.1. The Bertz CT molecular complexity index is 441. The Labute approximate surface area is 103 Å². The van der Waals surface area contributed by atoms with Gasteiger partial charge in [0.15, 0.2) is 0 Å². The summed E-state index contributed by atoms with van der Waals surface area (Å²) in [5, 5.41) is 0. The van der Waals surface area contributed by atoms with Gasteiger partial charge in [-0.15, -0.1) is 0 Å². The van der Waals surface area contributed by atoms with Crippen LogP contribution >= 0.6 is 0 Å². The highest BCUT2D eigenvalue weighted by Crippen LogP contribution is 2.29. The lowest BCUT2D eigenvalue weighted by molar-refractivity contribution is -0.142. The molecule has 0 amide bonds. The minimum Gasteiger partial charge on any atom is -0.772 e. The lowest BCUT2D eigenvalue weighted by Gasteiger charge is -2.09. The summed E-state index contributed by atoms with van der Waals surface area (Å²) in [4.78, 5) is 10.9. The van der Waals surface area contributed by atoms with E-state index in [0.29, 0.717) is 5.56 Å². The van der Waals surface area contributed by atoms with Crippen LogP contribution in [0.5, 0.6) is 0 Å². The molecule has 8 heteroatoms. The van der Waals surface area contributed by atoms with Gasteiger partial charge in [0.25, 0.3) is 0 Å². The molecule has 1 atom stereocenters. The van der Waals surface area contributed by atoms with E-state index in [1.54, 1.807) is 0 Å². The van der Waals surface area contributed by atoms with Crippen molar-refractivity contribution < 1.29 is 31.5 Å². The van der Waals surface area contributed by atoms with Gasteiger partial charge >= 0.3 is 12.1 Å². The first-order chi connectivity index (χ1) is 8.29. The number of esters is 1. The molecule has 0 aliphatic heterocycles. The molecule has 0 saturated heterocycles. The zero-order valence-corrected chi connectivity index (χ0v) is 9.72. The van der Waals surface area contributed by atoms with Crippen molar-refractivity contribution in [1.82, 2.24) is 0 Å². The average Bonchev–Trinajstić information content (AvgIpc) is 2.25.